The molecule has 3 aromatic heterocycles. The number of hydrogen-bond donors (Lipinski definition) is 4. The van der Waals surface area contributed by atoms with Crippen LogP contribution in [0.4, 0.5) is 0 Å². The first kappa shape index (κ1) is 124. The highest BCUT2D eigenvalue weighted by molar-refractivity contribution is 5.77. The average Bonchev–Trinajstić information content (AvgIpc) is 0.998. The summed E-state index contributed by atoms with van der Waals surface area (Å²) in [6, 6.07) is 5.92. The van der Waals surface area contributed by atoms with Gasteiger partial charge in [0.1, 0.15) is 85.5 Å². The maximum Gasteiger partial charge on any atom is 0.306 e. The summed E-state index contributed by atoms with van der Waals surface area (Å²) in [6.07, 6.45) is -7.30. The van der Waals surface area contributed by atoms with E-state index in [1.807, 2.05) is 30.3 Å². The van der Waals surface area contributed by atoms with Crippen LogP contribution in [-0.4, -0.2) is 404 Å². The second-order valence-electron chi connectivity index (χ2n) is 34.1. The molecule has 7 rings (SSSR count). The van der Waals surface area contributed by atoms with Crippen LogP contribution >= 0.6 is 0 Å². The van der Waals surface area contributed by atoms with Gasteiger partial charge in [-0.2, -0.15) is 0 Å². The zero-order valence-corrected chi connectivity index (χ0v) is 86.2. The molecule has 836 valence electrons. The van der Waals surface area contributed by atoms with Gasteiger partial charge in [0.05, 0.1) is 217 Å². The second-order valence-corrected chi connectivity index (χ2v) is 34.1. The third kappa shape index (κ3) is 51.3. The topological polar surface area (TPSA) is 638 Å². The Hall–Kier alpha value is -11.5. The molecular formula is C94H143N13O42. The van der Waals surface area contributed by atoms with E-state index in [4.69, 9.17) is 133 Å². The summed E-state index contributed by atoms with van der Waals surface area (Å²) in [5.74, 6) is -8.70. The van der Waals surface area contributed by atoms with E-state index in [0.717, 1.165) is 47.1 Å². The van der Waals surface area contributed by atoms with Crippen LogP contribution in [0, 0.1) is 0 Å². The minimum atomic E-state index is -1.39. The molecule has 55 nitrogen and oxygen atoms in total. The summed E-state index contributed by atoms with van der Waals surface area (Å²) in [4.78, 5) is 172. The van der Waals surface area contributed by atoms with Crippen molar-refractivity contribution in [1.29, 1.82) is 0 Å². The Morgan fingerprint density at radius 3 is 0.866 bits per heavy atom. The highest BCUT2D eigenvalue weighted by Gasteiger charge is 2.55. The summed E-state index contributed by atoms with van der Waals surface area (Å²) in [7, 11) is 0. The number of aromatic nitrogens is 9. The number of nitrogens with zero attached hydrogens (tertiary/aromatic N) is 9. The highest BCUT2D eigenvalue weighted by atomic mass is 16.7. The summed E-state index contributed by atoms with van der Waals surface area (Å²) in [6.45, 7) is 15.9. The molecule has 0 spiro atoms. The number of carbonyl (C=O) groups is 14. The fraction of sp³-hybridized carbons (Fsp3) is 0.723. The zero-order valence-electron chi connectivity index (χ0n) is 86.2. The Morgan fingerprint density at radius 2 is 0.584 bits per heavy atom. The Labute approximate surface area is 861 Å². The van der Waals surface area contributed by atoms with Crippen LogP contribution in [0.1, 0.15) is 144 Å². The molecule has 55 heteroatoms. The molecule has 3 saturated heterocycles. The smallest absolute Gasteiger partial charge is 0.306 e. The minimum Gasteiger partial charge on any atom is -0.463 e. The Bertz CT molecular complexity index is 4280. The Morgan fingerprint density at radius 1 is 0.309 bits per heavy atom. The zero-order chi connectivity index (χ0) is 108. The van der Waals surface area contributed by atoms with Crippen LogP contribution in [0.25, 0.3) is 0 Å². The number of nitrogens with one attached hydrogen (secondary N) is 4. The van der Waals surface area contributed by atoms with Crippen molar-refractivity contribution in [2.24, 2.45) is 0 Å². The lowest BCUT2D eigenvalue weighted by Crippen LogP contribution is -2.66. The maximum absolute atomic E-state index is 14.3. The molecule has 0 saturated carbocycles. The molecule has 15 atom stereocenters. The quantitative estimate of drug-likeness (QED) is 0.0246. The minimum absolute atomic E-state index is 0.0353. The number of ether oxygens (including phenoxy) is 28. The van der Waals surface area contributed by atoms with Crippen LogP contribution < -0.4 is 21.3 Å². The molecule has 3 aliphatic rings. The number of carbonyl (C=O) groups excluding carboxylic acids is 14. The van der Waals surface area contributed by atoms with E-state index in [1.165, 1.54) is 41.5 Å². The van der Waals surface area contributed by atoms with Crippen LogP contribution in [0.3, 0.4) is 0 Å². The number of hydrogen-bond acceptors (Lipinski definition) is 48. The van der Waals surface area contributed by atoms with Gasteiger partial charge in [-0.25, -0.2) is 14.0 Å². The normalized spacial score (nSPS) is 20.6. The van der Waals surface area contributed by atoms with Gasteiger partial charge in [0.2, 0.25) is 23.6 Å². The summed E-state index contributed by atoms with van der Waals surface area (Å²) >= 11 is 0. The Balaban J connectivity index is 0.912. The molecule has 0 aliphatic carbocycles. The largest absolute Gasteiger partial charge is 0.463 e. The van der Waals surface area contributed by atoms with Crippen LogP contribution in [0.5, 0.6) is 0 Å². The van der Waals surface area contributed by atoms with Crippen molar-refractivity contribution < 1.29 is 200 Å². The number of benzene rings is 1. The first-order chi connectivity index (χ1) is 71.6. The molecule has 0 radical (unpaired) electrons. The van der Waals surface area contributed by atoms with Gasteiger partial charge in [0.25, 0.3) is 0 Å². The van der Waals surface area contributed by atoms with E-state index >= 15 is 0 Å². The van der Waals surface area contributed by atoms with Gasteiger partial charge in [0, 0.05) is 95.9 Å². The first-order valence-electron chi connectivity index (χ1n) is 48.8. The van der Waals surface area contributed by atoms with Gasteiger partial charge in [-0.1, -0.05) is 58.8 Å². The fourth-order valence-electron chi connectivity index (χ4n) is 15.0. The Kier molecular flexibility index (Phi) is 58.9. The predicted molar refractivity (Wildman–Crippen MR) is 501 cm³/mol. The molecule has 3 fully saturated rings. The van der Waals surface area contributed by atoms with Crippen molar-refractivity contribution in [3.05, 3.63) is 71.6 Å². The summed E-state index contributed by atoms with van der Waals surface area (Å²) in [5, 5.41) is 36.9. The first-order valence-corrected chi connectivity index (χ1v) is 48.8. The number of rotatable bonds is 76. The fourth-order valence-corrected chi connectivity index (χ4v) is 15.0. The molecule has 0 bridgehead atoms. The lowest BCUT2D eigenvalue weighted by molar-refractivity contribution is -0.279. The third-order valence-corrected chi connectivity index (χ3v) is 21.2. The molecule has 4 amide bonds. The molecule has 1 aromatic carbocycles. The van der Waals surface area contributed by atoms with E-state index in [0.29, 0.717) is 62.4 Å². The molecule has 4 aromatic rings. The van der Waals surface area contributed by atoms with Crippen molar-refractivity contribution >= 4 is 83.3 Å². The predicted octanol–water partition coefficient (Wildman–Crippen LogP) is -0.482. The van der Waals surface area contributed by atoms with Crippen molar-refractivity contribution in [3.8, 4) is 0 Å². The van der Waals surface area contributed by atoms with Gasteiger partial charge in [0.15, 0.2) is 55.5 Å². The number of amides is 4. The number of unbranched alkanes of at least 4 members (excludes halogenated alkanes) is 3. The molecule has 4 N–H and O–H groups in total. The molecule has 149 heavy (non-hydrogen) atoms. The molecule has 0 unspecified atom stereocenters. The monoisotopic (exact) mass is 2130 g/mol. The van der Waals surface area contributed by atoms with Gasteiger partial charge >= 0.3 is 59.7 Å². The van der Waals surface area contributed by atoms with Gasteiger partial charge in [-0.05, 0) is 18.4 Å². The average molecular weight is 2130 g/mol. The van der Waals surface area contributed by atoms with E-state index in [1.54, 1.807) is 32.6 Å². The van der Waals surface area contributed by atoms with E-state index in [9.17, 15) is 67.1 Å². The van der Waals surface area contributed by atoms with Crippen LogP contribution in [-0.2, 0) is 246 Å². The van der Waals surface area contributed by atoms with Crippen LogP contribution in [0.2, 0.25) is 0 Å². The molecule has 3 aliphatic heterocycles. The van der Waals surface area contributed by atoms with Gasteiger partial charge in [-0.15, -0.1) is 15.3 Å². The van der Waals surface area contributed by atoms with E-state index < -0.39 is 189 Å². The van der Waals surface area contributed by atoms with Crippen molar-refractivity contribution in [1.82, 2.24) is 66.2 Å². The molecular weight excluding hydrogens is 1980 g/mol. The van der Waals surface area contributed by atoms with Crippen LogP contribution in [0.15, 0.2) is 48.9 Å². The van der Waals surface area contributed by atoms with E-state index in [-0.39, 0.29) is 210 Å². The summed E-state index contributed by atoms with van der Waals surface area (Å²) in [5.41, 5.74) is 0.782. The molecule has 6 heterocycles. The van der Waals surface area contributed by atoms with Gasteiger partial charge < -0.3 is 154 Å². The SMILES string of the molecule is CC(=O)N[C@H]1[C@H](OCCOCCOCCOCCn2cc(COCC(COCc3cn(CCOCCOCCOCCO[C@@H]4O[C@H](COC(C)=O)[C@H](OC(C)=O)[C@H](OC(C)=O)[C@H]4NC(C)=O)nn3)(COCc3cn(CCOCCOCCOCCO[C@@H]4O[C@H](COC(C)=O)[C@H](OC(C)=O)[C@H](OC(C)=O)[C@H]4NC(C)=O)nn3)NC(=O)CCCCCCC(=O)OCc3ccccc3)nn2)O[C@H](COC(C)=O)[C@H](OC(C)=O)[C@@H]1OC(C)=O. The lowest BCUT2D eigenvalue weighted by Gasteiger charge is -2.44. The summed E-state index contributed by atoms with van der Waals surface area (Å²) < 4.78 is 165. The van der Waals surface area contributed by atoms with E-state index in [2.05, 4.69) is 52.2 Å². The van der Waals surface area contributed by atoms with Crippen molar-refractivity contribution in [2.45, 2.75) is 265 Å². The van der Waals surface area contributed by atoms with Crippen molar-refractivity contribution in [2.75, 3.05) is 178 Å². The second kappa shape index (κ2) is 70.5. The number of esters is 10. The lowest BCUT2D eigenvalue weighted by atomic mass is 9.96. The maximum atomic E-state index is 14.3. The van der Waals surface area contributed by atoms with Crippen molar-refractivity contribution in [3.63, 3.8) is 0 Å². The third-order valence-electron chi connectivity index (χ3n) is 21.2. The van der Waals surface area contributed by atoms with Gasteiger partial charge in [-0.3, -0.25) is 67.1 Å². The highest BCUT2D eigenvalue weighted by Crippen LogP contribution is 2.32. The standard InChI is InChI=1S/C94H143N13O42/c1-61(108)95-82-88(144-70(10)117)85(141-67(7)114)77(55-137-64(4)111)147-91(82)134-45-42-128-39-36-125-33-30-122-27-24-105-48-74(99-102-105)52-131-58-94(98-80(120)22-18-13-14-19-23-81(121)140-51-73-20-16-15-17-21-73,59-132-53-75-49-106(103-100-75)25-28-123-31-34-126-37-40-129-43-46-135-92-83(96-62(2)109)89(145-71(11)118)86(142-68(8)115)78(148-92)56-138-65(5)112)60-133-54-76-50-107(104-101-76)26-29-124-32-35-127-38-41-130-44-47-136-93-84(97-63(3)110)90(146-72(12)119)87(143-69(9)116)79(149-93)57-139-66(6)113/h15-17,20-21,48-50,77-79,82-93H,13-14,18-19,22-47,51-60H2,1-12H3,(H,95,108)(H,96,109)(H,97,110)(H,98,120)/t77-,78-,79-,82-,83-,84-,85+,86+,87+,88-,89-,90-,91-,92-,93-/m1/s1.